The summed E-state index contributed by atoms with van der Waals surface area (Å²) >= 11 is 0. The molecule has 1 aromatic carbocycles. The van der Waals surface area contributed by atoms with Crippen LogP contribution < -0.4 is 10.5 Å². The van der Waals surface area contributed by atoms with E-state index in [9.17, 15) is 17.6 Å². The molecule has 2 rings (SSSR count). The smallest absolute Gasteiger partial charge is 0.406 e. The van der Waals surface area contributed by atoms with Crippen LogP contribution in [0.2, 0.25) is 0 Å². The van der Waals surface area contributed by atoms with Crippen LogP contribution in [0.5, 0.6) is 5.75 Å². The number of nitrogens with two attached hydrogens (primary N) is 1. The van der Waals surface area contributed by atoms with E-state index in [0.29, 0.717) is 31.2 Å². The number of benzene rings is 1. The summed E-state index contributed by atoms with van der Waals surface area (Å²) in [6, 6.07) is 5.41. The van der Waals surface area contributed by atoms with Gasteiger partial charge in [-0.1, -0.05) is 12.1 Å². The average Bonchev–Trinajstić information content (AvgIpc) is 2.34. The highest BCUT2D eigenvalue weighted by Gasteiger charge is 2.34. The molecule has 2 N–H and O–H groups in total. The lowest BCUT2D eigenvalue weighted by Crippen LogP contribution is -2.37. The minimum absolute atomic E-state index is 0.0569. The molecule has 0 radical (unpaired) electrons. The first-order valence-electron chi connectivity index (χ1n) is 6.55. The summed E-state index contributed by atoms with van der Waals surface area (Å²) in [6.07, 6.45) is -2.42. The second kappa shape index (κ2) is 5.60. The molecule has 0 heterocycles. The van der Waals surface area contributed by atoms with Gasteiger partial charge in [0.1, 0.15) is 11.4 Å². The zero-order valence-corrected chi connectivity index (χ0v) is 10.9. The minimum Gasteiger partial charge on any atom is -0.406 e. The molecule has 0 unspecified atom stereocenters. The second-order valence-corrected chi connectivity index (χ2v) is 5.36. The van der Waals surface area contributed by atoms with Crippen molar-refractivity contribution in [1.82, 2.24) is 0 Å². The molecule has 0 amide bonds. The van der Waals surface area contributed by atoms with Crippen molar-refractivity contribution in [2.45, 2.75) is 50.2 Å². The van der Waals surface area contributed by atoms with Crippen molar-refractivity contribution in [2.75, 3.05) is 0 Å². The van der Waals surface area contributed by atoms with Gasteiger partial charge in [-0.3, -0.25) is 0 Å². The first-order chi connectivity index (χ1) is 9.26. The van der Waals surface area contributed by atoms with Gasteiger partial charge in [-0.2, -0.15) is 0 Å². The van der Waals surface area contributed by atoms with Crippen molar-refractivity contribution in [2.24, 2.45) is 5.73 Å². The summed E-state index contributed by atoms with van der Waals surface area (Å²) in [7, 11) is 0. The molecule has 112 valence electrons. The topological polar surface area (TPSA) is 35.2 Å². The summed E-state index contributed by atoms with van der Waals surface area (Å²) in [5.74, 6) is -0.292. The molecule has 20 heavy (non-hydrogen) atoms. The third-order valence-electron chi connectivity index (χ3n) is 3.60. The number of alkyl halides is 4. The van der Waals surface area contributed by atoms with Gasteiger partial charge in [0.25, 0.3) is 0 Å². The molecule has 0 aromatic heterocycles. The molecular weight excluding hydrogens is 274 g/mol. The predicted octanol–water partition coefficient (Wildman–Crippen LogP) is 3.74. The van der Waals surface area contributed by atoms with Crippen molar-refractivity contribution in [3.05, 3.63) is 29.8 Å². The molecule has 0 aliphatic heterocycles. The summed E-state index contributed by atoms with van der Waals surface area (Å²) in [5, 5.41) is 0. The molecule has 0 saturated heterocycles. The molecule has 1 aromatic rings. The lowest BCUT2D eigenvalue weighted by atomic mass is 9.80. The molecule has 0 bridgehead atoms. The maximum atomic E-state index is 14.5. The summed E-state index contributed by atoms with van der Waals surface area (Å²) in [5.41, 5.74) is 5.10. The number of rotatable bonds is 3. The van der Waals surface area contributed by atoms with Crippen LogP contribution >= 0.6 is 0 Å². The van der Waals surface area contributed by atoms with Gasteiger partial charge in [0, 0.05) is 12.5 Å². The highest BCUT2D eigenvalue weighted by Crippen LogP contribution is 2.35. The van der Waals surface area contributed by atoms with E-state index in [2.05, 4.69) is 4.74 Å². The lowest BCUT2D eigenvalue weighted by Gasteiger charge is -2.32. The van der Waals surface area contributed by atoms with Gasteiger partial charge in [-0.15, -0.1) is 13.2 Å². The number of hydrogen-bond donors (Lipinski definition) is 1. The average molecular weight is 291 g/mol. The third-order valence-corrected chi connectivity index (χ3v) is 3.60. The van der Waals surface area contributed by atoms with Crippen LogP contribution in [-0.2, 0) is 6.42 Å². The van der Waals surface area contributed by atoms with E-state index in [1.165, 1.54) is 24.3 Å². The molecule has 1 aliphatic carbocycles. The van der Waals surface area contributed by atoms with Gasteiger partial charge in [-0.05, 0) is 43.4 Å². The van der Waals surface area contributed by atoms with Crippen LogP contribution in [0.4, 0.5) is 17.6 Å². The second-order valence-electron chi connectivity index (χ2n) is 5.36. The fourth-order valence-corrected chi connectivity index (χ4v) is 2.51. The van der Waals surface area contributed by atoms with Crippen molar-refractivity contribution in [1.29, 1.82) is 0 Å². The predicted molar refractivity (Wildman–Crippen MR) is 67.1 cm³/mol. The Balaban J connectivity index is 1.97. The Kier molecular flexibility index (Phi) is 4.22. The molecular formula is C14H17F4NO. The van der Waals surface area contributed by atoms with E-state index in [1.54, 1.807) is 0 Å². The fourth-order valence-electron chi connectivity index (χ4n) is 2.51. The van der Waals surface area contributed by atoms with Crippen LogP contribution in [0.15, 0.2) is 24.3 Å². The number of halogens is 4. The van der Waals surface area contributed by atoms with Gasteiger partial charge in [-0.25, -0.2) is 4.39 Å². The van der Waals surface area contributed by atoms with E-state index >= 15 is 0 Å². The summed E-state index contributed by atoms with van der Waals surface area (Å²) in [4.78, 5) is 0. The highest BCUT2D eigenvalue weighted by molar-refractivity contribution is 5.28. The van der Waals surface area contributed by atoms with Crippen LogP contribution in [0.1, 0.15) is 31.2 Å². The summed E-state index contributed by atoms with van der Waals surface area (Å²) < 4.78 is 54.4. The fraction of sp³-hybridized carbons (Fsp3) is 0.571. The lowest BCUT2D eigenvalue weighted by molar-refractivity contribution is -0.274. The Bertz CT molecular complexity index is 435. The van der Waals surface area contributed by atoms with Gasteiger partial charge in [0.05, 0.1) is 0 Å². The zero-order chi connectivity index (χ0) is 14.8. The van der Waals surface area contributed by atoms with Gasteiger partial charge in [0.2, 0.25) is 0 Å². The van der Waals surface area contributed by atoms with E-state index in [1.807, 2.05) is 0 Å². The number of hydrogen-bond acceptors (Lipinski definition) is 2. The normalized spacial score (nSPS) is 27.4. The van der Waals surface area contributed by atoms with E-state index < -0.39 is 12.0 Å². The van der Waals surface area contributed by atoms with Gasteiger partial charge < -0.3 is 10.5 Å². The molecule has 0 spiro atoms. The Morgan fingerprint density at radius 2 is 1.70 bits per heavy atom. The SMILES string of the molecule is NC1CCC(F)(Cc2ccc(OC(F)(F)F)cc2)CC1. The standard InChI is InChI=1S/C14H17F4NO/c15-13(7-5-11(19)6-8-13)9-10-1-3-12(4-2-10)20-14(16,17)18/h1-4,11H,5-9,19H2. The van der Waals surface area contributed by atoms with Crippen molar-refractivity contribution < 1.29 is 22.3 Å². The largest absolute Gasteiger partial charge is 0.573 e. The van der Waals surface area contributed by atoms with Crippen molar-refractivity contribution >= 4 is 0 Å². The number of ether oxygens (including phenoxy) is 1. The van der Waals surface area contributed by atoms with Crippen LogP contribution in [0, 0.1) is 0 Å². The third kappa shape index (κ3) is 4.37. The quantitative estimate of drug-likeness (QED) is 0.861. The Morgan fingerprint density at radius 3 is 2.20 bits per heavy atom. The van der Waals surface area contributed by atoms with Gasteiger partial charge in [0.15, 0.2) is 0 Å². The van der Waals surface area contributed by atoms with Crippen molar-refractivity contribution in [3.63, 3.8) is 0 Å². The van der Waals surface area contributed by atoms with Gasteiger partial charge >= 0.3 is 6.36 Å². The molecule has 2 nitrogen and oxygen atoms in total. The highest BCUT2D eigenvalue weighted by atomic mass is 19.4. The zero-order valence-electron chi connectivity index (χ0n) is 10.9. The van der Waals surface area contributed by atoms with Crippen LogP contribution in [-0.4, -0.2) is 18.1 Å². The Hall–Kier alpha value is -1.30. The molecule has 1 aliphatic rings. The van der Waals surface area contributed by atoms with E-state index in [-0.39, 0.29) is 18.2 Å². The van der Waals surface area contributed by atoms with Crippen LogP contribution in [0.25, 0.3) is 0 Å². The first kappa shape index (κ1) is 15.1. The summed E-state index contributed by atoms with van der Waals surface area (Å²) in [6.45, 7) is 0. The Labute approximate surface area is 114 Å². The first-order valence-corrected chi connectivity index (χ1v) is 6.55. The Morgan fingerprint density at radius 1 is 1.15 bits per heavy atom. The molecule has 1 saturated carbocycles. The molecule has 6 heteroatoms. The van der Waals surface area contributed by atoms with E-state index in [4.69, 9.17) is 5.73 Å². The molecule has 0 atom stereocenters. The van der Waals surface area contributed by atoms with Crippen LogP contribution in [0.3, 0.4) is 0 Å². The maximum Gasteiger partial charge on any atom is 0.573 e. The van der Waals surface area contributed by atoms with Crippen molar-refractivity contribution in [3.8, 4) is 5.75 Å². The molecule has 1 fully saturated rings. The monoisotopic (exact) mass is 291 g/mol. The minimum atomic E-state index is -4.71. The van der Waals surface area contributed by atoms with E-state index in [0.717, 1.165) is 0 Å². The maximum absolute atomic E-state index is 14.5.